The summed E-state index contributed by atoms with van der Waals surface area (Å²) >= 11 is 0. The van der Waals surface area contributed by atoms with Crippen LogP contribution in [0.4, 0.5) is 0 Å². The monoisotopic (exact) mass is 280 g/mol. The summed E-state index contributed by atoms with van der Waals surface area (Å²) < 4.78 is 5.85. The average Bonchev–Trinajstić information content (AvgIpc) is 2.66. The average molecular weight is 280 g/mol. The van der Waals surface area contributed by atoms with E-state index in [1.165, 1.54) is 12.0 Å². The number of nitrogens with zero attached hydrogens (tertiary/aromatic N) is 1. The Balaban J connectivity index is 2.57. The van der Waals surface area contributed by atoms with Crippen LogP contribution in [0.15, 0.2) is 10.5 Å². The Kier molecular flexibility index (Phi) is 6.28. The van der Waals surface area contributed by atoms with Crippen molar-refractivity contribution in [3.63, 3.8) is 0 Å². The lowest BCUT2D eigenvalue weighted by atomic mass is 10.1. The molecule has 0 bridgehead atoms. The zero-order chi connectivity index (χ0) is 15.3. The highest BCUT2D eigenvalue weighted by Gasteiger charge is 2.14. The van der Waals surface area contributed by atoms with Crippen LogP contribution in [0.5, 0.6) is 0 Å². The van der Waals surface area contributed by atoms with E-state index in [1.807, 2.05) is 0 Å². The van der Waals surface area contributed by atoms with Gasteiger partial charge < -0.3 is 14.6 Å². The molecule has 0 fully saturated rings. The molecule has 3 nitrogen and oxygen atoms in total. The van der Waals surface area contributed by atoms with Gasteiger partial charge in [-0.2, -0.15) is 0 Å². The van der Waals surface area contributed by atoms with E-state index in [9.17, 15) is 0 Å². The number of rotatable bonds is 7. The van der Waals surface area contributed by atoms with Crippen LogP contribution in [0.25, 0.3) is 0 Å². The first-order valence-electron chi connectivity index (χ1n) is 7.73. The van der Waals surface area contributed by atoms with Crippen LogP contribution >= 0.6 is 0 Å². The van der Waals surface area contributed by atoms with E-state index in [2.05, 4.69) is 64.9 Å². The van der Waals surface area contributed by atoms with Gasteiger partial charge in [-0.3, -0.25) is 0 Å². The topological polar surface area (TPSA) is 28.4 Å². The standard InChI is InChI=1S/C17H32N2O/c1-8-13(2)11-19(7)12-15-9-16(20-14(15)3)10-18-17(4,5)6/h9,13,18H,8,10-12H2,1-7H3. The van der Waals surface area contributed by atoms with Gasteiger partial charge in [-0.1, -0.05) is 20.3 Å². The van der Waals surface area contributed by atoms with Crippen LogP contribution in [0.2, 0.25) is 0 Å². The predicted octanol–water partition coefficient (Wildman–Crippen LogP) is 3.95. The SMILES string of the molecule is CCC(C)CN(C)Cc1cc(CNC(C)(C)C)oc1C. The summed E-state index contributed by atoms with van der Waals surface area (Å²) in [5.41, 5.74) is 1.43. The minimum absolute atomic E-state index is 0.119. The summed E-state index contributed by atoms with van der Waals surface area (Å²) in [7, 11) is 2.19. The van der Waals surface area contributed by atoms with Crippen LogP contribution in [0, 0.1) is 12.8 Å². The largest absolute Gasteiger partial charge is 0.465 e. The molecule has 20 heavy (non-hydrogen) atoms. The quantitative estimate of drug-likeness (QED) is 0.819. The van der Waals surface area contributed by atoms with Crippen molar-refractivity contribution >= 4 is 0 Å². The predicted molar refractivity (Wildman–Crippen MR) is 85.8 cm³/mol. The second-order valence-electron chi connectivity index (χ2n) is 7.11. The molecule has 1 N–H and O–H groups in total. The summed E-state index contributed by atoms with van der Waals surface area (Å²) in [5, 5.41) is 3.47. The van der Waals surface area contributed by atoms with Gasteiger partial charge >= 0.3 is 0 Å². The van der Waals surface area contributed by atoms with E-state index < -0.39 is 0 Å². The first kappa shape index (κ1) is 17.3. The van der Waals surface area contributed by atoms with Crippen LogP contribution in [0.1, 0.15) is 58.1 Å². The Morgan fingerprint density at radius 2 is 2.00 bits per heavy atom. The van der Waals surface area contributed by atoms with Crippen molar-refractivity contribution in [3.05, 3.63) is 23.2 Å². The molecule has 0 aromatic carbocycles. The van der Waals surface area contributed by atoms with E-state index >= 15 is 0 Å². The Bertz CT molecular complexity index is 404. The smallest absolute Gasteiger partial charge is 0.118 e. The summed E-state index contributed by atoms with van der Waals surface area (Å²) in [6.07, 6.45) is 1.23. The van der Waals surface area contributed by atoms with Crippen molar-refractivity contribution in [3.8, 4) is 0 Å². The van der Waals surface area contributed by atoms with Crippen LogP contribution < -0.4 is 5.32 Å². The molecule has 1 aromatic heterocycles. The highest BCUT2D eigenvalue weighted by Crippen LogP contribution is 2.18. The normalized spacial score (nSPS) is 14.0. The van der Waals surface area contributed by atoms with Gasteiger partial charge in [0.05, 0.1) is 6.54 Å². The first-order valence-corrected chi connectivity index (χ1v) is 7.73. The van der Waals surface area contributed by atoms with Gasteiger partial charge in [0.15, 0.2) is 0 Å². The fourth-order valence-corrected chi connectivity index (χ4v) is 2.20. The van der Waals surface area contributed by atoms with Gasteiger partial charge in [-0.25, -0.2) is 0 Å². The number of hydrogen-bond acceptors (Lipinski definition) is 3. The Morgan fingerprint density at radius 1 is 1.35 bits per heavy atom. The molecule has 0 radical (unpaired) electrons. The number of hydrogen-bond donors (Lipinski definition) is 1. The molecule has 0 saturated heterocycles. The third-order valence-corrected chi connectivity index (χ3v) is 3.63. The molecule has 3 heteroatoms. The minimum Gasteiger partial charge on any atom is -0.465 e. The van der Waals surface area contributed by atoms with Gasteiger partial charge in [-0.15, -0.1) is 0 Å². The summed E-state index contributed by atoms with van der Waals surface area (Å²) in [6.45, 7) is 16.0. The van der Waals surface area contributed by atoms with E-state index in [1.54, 1.807) is 0 Å². The molecular weight excluding hydrogens is 248 g/mol. The summed E-state index contributed by atoms with van der Waals surface area (Å²) in [4.78, 5) is 2.38. The third kappa shape index (κ3) is 6.10. The maximum Gasteiger partial charge on any atom is 0.118 e. The van der Waals surface area contributed by atoms with E-state index in [0.717, 1.165) is 37.1 Å². The van der Waals surface area contributed by atoms with E-state index in [4.69, 9.17) is 4.42 Å². The van der Waals surface area contributed by atoms with E-state index in [0.29, 0.717) is 0 Å². The van der Waals surface area contributed by atoms with Crippen molar-refractivity contribution in [2.45, 2.75) is 66.6 Å². The zero-order valence-corrected chi connectivity index (χ0v) is 14.3. The molecule has 0 aliphatic heterocycles. The highest BCUT2D eigenvalue weighted by atomic mass is 16.3. The van der Waals surface area contributed by atoms with Gasteiger partial charge in [0.2, 0.25) is 0 Å². The number of furan rings is 1. The van der Waals surface area contributed by atoms with Crippen molar-refractivity contribution in [1.29, 1.82) is 0 Å². The minimum atomic E-state index is 0.119. The second-order valence-corrected chi connectivity index (χ2v) is 7.11. The van der Waals surface area contributed by atoms with Crippen LogP contribution in [-0.2, 0) is 13.1 Å². The lowest BCUT2D eigenvalue weighted by Gasteiger charge is -2.20. The van der Waals surface area contributed by atoms with Gasteiger partial charge in [0, 0.05) is 24.2 Å². The number of nitrogens with one attached hydrogen (secondary N) is 1. The molecule has 1 rings (SSSR count). The molecule has 0 aliphatic carbocycles. The van der Waals surface area contributed by atoms with Crippen molar-refractivity contribution in [2.75, 3.05) is 13.6 Å². The maximum atomic E-state index is 5.85. The Morgan fingerprint density at radius 3 is 2.55 bits per heavy atom. The summed E-state index contributed by atoms with van der Waals surface area (Å²) in [6, 6.07) is 2.20. The number of aryl methyl sites for hydroxylation is 1. The summed E-state index contributed by atoms with van der Waals surface area (Å²) in [5.74, 6) is 2.82. The molecule has 1 heterocycles. The maximum absolute atomic E-state index is 5.85. The van der Waals surface area contributed by atoms with Crippen molar-refractivity contribution < 1.29 is 4.42 Å². The molecular formula is C17H32N2O. The highest BCUT2D eigenvalue weighted by molar-refractivity contribution is 5.20. The van der Waals surface area contributed by atoms with Gasteiger partial charge in [0.1, 0.15) is 11.5 Å². The third-order valence-electron chi connectivity index (χ3n) is 3.63. The molecule has 0 saturated carbocycles. The molecule has 0 spiro atoms. The van der Waals surface area contributed by atoms with E-state index in [-0.39, 0.29) is 5.54 Å². The molecule has 1 aromatic rings. The first-order chi connectivity index (χ1) is 9.21. The zero-order valence-electron chi connectivity index (χ0n) is 14.3. The molecule has 0 amide bonds. The molecule has 1 atom stereocenters. The van der Waals surface area contributed by atoms with Gasteiger partial charge in [-0.05, 0) is 46.7 Å². The van der Waals surface area contributed by atoms with Crippen LogP contribution in [-0.4, -0.2) is 24.0 Å². The fraction of sp³-hybridized carbons (Fsp3) is 0.765. The van der Waals surface area contributed by atoms with Gasteiger partial charge in [0.25, 0.3) is 0 Å². The Hall–Kier alpha value is -0.800. The molecule has 116 valence electrons. The lowest BCUT2D eigenvalue weighted by Crippen LogP contribution is -2.34. The lowest BCUT2D eigenvalue weighted by molar-refractivity contribution is 0.273. The second kappa shape index (κ2) is 7.28. The molecule has 1 unspecified atom stereocenters. The molecule has 0 aliphatic rings. The van der Waals surface area contributed by atoms with Crippen LogP contribution in [0.3, 0.4) is 0 Å². The fourth-order valence-electron chi connectivity index (χ4n) is 2.20. The Labute approximate surface area is 124 Å². The van der Waals surface area contributed by atoms with Crippen molar-refractivity contribution in [1.82, 2.24) is 10.2 Å². The van der Waals surface area contributed by atoms with Crippen molar-refractivity contribution in [2.24, 2.45) is 5.92 Å².